The highest BCUT2D eigenvalue weighted by Crippen LogP contribution is 2.23. The van der Waals surface area contributed by atoms with Crippen molar-refractivity contribution >= 4 is 46.6 Å². The molecular formula is C17H17Cl2N3O3. The monoisotopic (exact) mass is 381 g/mol. The zero-order valence-electron chi connectivity index (χ0n) is 13.9. The number of hydrogen-bond acceptors (Lipinski definition) is 5. The number of rotatable bonds is 5. The molecule has 0 bridgehead atoms. The van der Waals surface area contributed by atoms with Crippen LogP contribution in [0.2, 0.25) is 10.0 Å². The number of esters is 1. The number of halogens is 2. The second-order valence-corrected chi connectivity index (χ2v) is 6.31. The van der Waals surface area contributed by atoms with Crippen LogP contribution in [0.3, 0.4) is 0 Å². The normalized spacial score (nSPS) is 11.6. The number of carbonyl (C=O) groups excluding carboxylic acids is 2. The summed E-state index contributed by atoms with van der Waals surface area (Å²) in [5, 5.41) is 3.04. The molecule has 1 aromatic carbocycles. The summed E-state index contributed by atoms with van der Waals surface area (Å²) < 4.78 is 5.20. The zero-order valence-corrected chi connectivity index (χ0v) is 15.4. The van der Waals surface area contributed by atoms with Crippen molar-refractivity contribution in [3.05, 3.63) is 52.1 Å². The Balaban J connectivity index is 2.03. The van der Waals surface area contributed by atoms with Crippen LogP contribution in [-0.2, 0) is 9.53 Å². The molecule has 1 aromatic heterocycles. The van der Waals surface area contributed by atoms with Gasteiger partial charge in [0.2, 0.25) is 0 Å². The van der Waals surface area contributed by atoms with Crippen LogP contribution in [0.1, 0.15) is 17.3 Å². The molecule has 0 spiro atoms. The zero-order chi connectivity index (χ0) is 18.6. The number of ether oxygens (including phenoxy) is 1. The second-order valence-electron chi connectivity index (χ2n) is 5.47. The predicted octanol–water partition coefficient (Wildman–Crippen LogP) is 3.64. The van der Waals surface area contributed by atoms with E-state index >= 15 is 0 Å². The lowest BCUT2D eigenvalue weighted by Gasteiger charge is -2.15. The van der Waals surface area contributed by atoms with Crippen molar-refractivity contribution in [3.8, 4) is 0 Å². The van der Waals surface area contributed by atoms with E-state index < -0.39 is 18.0 Å². The molecule has 0 aliphatic carbocycles. The van der Waals surface area contributed by atoms with E-state index in [-0.39, 0.29) is 10.8 Å². The van der Waals surface area contributed by atoms with Crippen LogP contribution in [0.4, 0.5) is 11.5 Å². The van der Waals surface area contributed by atoms with Crippen molar-refractivity contribution in [3.63, 3.8) is 0 Å². The van der Waals surface area contributed by atoms with Crippen LogP contribution in [0.15, 0.2) is 36.5 Å². The van der Waals surface area contributed by atoms with Gasteiger partial charge < -0.3 is 15.0 Å². The highest BCUT2D eigenvalue weighted by atomic mass is 35.5. The second kappa shape index (κ2) is 8.18. The minimum atomic E-state index is -1.02. The largest absolute Gasteiger partial charge is 0.449 e. The van der Waals surface area contributed by atoms with Gasteiger partial charge >= 0.3 is 5.97 Å². The fourth-order valence-corrected chi connectivity index (χ4v) is 2.35. The number of amides is 1. The minimum Gasteiger partial charge on any atom is -0.449 e. The summed E-state index contributed by atoms with van der Waals surface area (Å²) in [7, 11) is 3.73. The number of benzene rings is 1. The molecule has 8 heteroatoms. The Morgan fingerprint density at radius 3 is 2.60 bits per heavy atom. The first-order valence-corrected chi connectivity index (χ1v) is 8.14. The molecule has 0 saturated carbocycles. The van der Waals surface area contributed by atoms with Gasteiger partial charge in [-0.2, -0.15) is 0 Å². The Morgan fingerprint density at radius 2 is 1.96 bits per heavy atom. The van der Waals surface area contributed by atoms with Crippen molar-refractivity contribution < 1.29 is 14.3 Å². The lowest BCUT2D eigenvalue weighted by atomic mass is 10.2. The number of hydrogen-bond donors (Lipinski definition) is 1. The highest BCUT2D eigenvalue weighted by molar-refractivity contribution is 6.36. The van der Waals surface area contributed by atoms with Crippen molar-refractivity contribution in [2.45, 2.75) is 13.0 Å². The first-order chi connectivity index (χ1) is 11.8. The van der Waals surface area contributed by atoms with E-state index in [0.717, 1.165) is 5.69 Å². The van der Waals surface area contributed by atoms with Gasteiger partial charge in [0.25, 0.3) is 5.91 Å². The van der Waals surface area contributed by atoms with Gasteiger partial charge in [0.15, 0.2) is 11.9 Å². The quantitative estimate of drug-likeness (QED) is 0.800. The Bertz CT molecular complexity index is 796. The predicted molar refractivity (Wildman–Crippen MR) is 98.5 cm³/mol. The highest BCUT2D eigenvalue weighted by Gasteiger charge is 2.20. The molecule has 132 valence electrons. The summed E-state index contributed by atoms with van der Waals surface area (Å²) in [5.74, 6) is -0.996. The standard InChI is InChI=1S/C17H17Cl2N3O3/c1-10(16(23)21-15-14(19)8-12(18)9-20-15)25-17(24)11-5-4-6-13(7-11)22(2)3/h4-10H,1-3H3,(H,20,21,23)/t10-/m1/s1. The van der Waals surface area contributed by atoms with Gasteiger partial charge in [-0.15, -0.1) is 0 Å². The van der Waals surface area contributed by atoms with Crippen LogP contribution >= 0.6 is 23.2 Å². The molecule has 1 heterocycles. The average Bonchev–Trinajstić information content (AvgIpc) is 2.57. The third-order valence-electron chi connectivity index (χ3n) is 3.30. The number of anilines is 2. The van der Waals surface area contributed by atoms with E-state index in [2.05, 4.69) is 10.3 Å². The number of carbonyl (C=O) groups is 2. The van der Waals surface area contributed by atoms with Gasteiger partial charge in [0, 0.05) is 26.0 Å². The number of aromatic nitrogens is 1. The molecule has 1 amide bonds. The molecule has 0 aliphatic rings. The van der Waals surface area contributed by atoms with Crippen molar-refractivity contribution in [2.75, 3.05) is 24.3 Å². The van der Waals surface area contributed by atoms with Gasteiger partial charge in [-0.25, -0.2) is 9.78 Å². The smallest absolute Gasteiger partial charge is 0.338 e. The summed E-state index contributed by atoms with van der Waals surface area (Å²) in [6.07, 6.45) is 0.330. The molecule has 1 atom stereocenters. The molecule has 6 nitrogen and oxygen atoms in total. The summed E-state index contributed by atoms with van der Waals surface area (Å²) in [6, 6.07) is 8.37. The van der Waals surface area contributed by atoms with Crippen molar-refractivity contribution in [1.29, 1.82) is 0 Å². The fraction of sp³-hybridized carbons (Fsp3) is 0.235. The maximum absolute atomic E-state index is 12.2. The number of pyridine rings is 1. The van der Waals surface area contributed by atoms with E-state index in [0.29, 0.717) is 10.6 Å². The first-order valence-electron chi connectivity index (χ1n) is 7.38. The van der Waals surface area contributed by atoms with Crippen LogP contribution in [-0.4, -0.2) is 37.1 Å². The fourth-order valence-electron chi connectivity index (χ4n) is 1.92. The van der Waals surface area contributed by atoms with E-state index in [1.54, 1.807) is 18.2 Å². The summed E-state index contributed by atoms with van der Waals surface area (Å²) in [5.41, 5.74) is 1.21. The van der Waals surface area contributed by atoms with E-state index in [1.807, 2.05) is 25.1 Å². The van der Waals surface area contributed by atoms with Gasteiger partial charge in [-0.1, -0.05) is 29.3 Å². The summed E-state index contributed by atoms with van der Waals surface area (Å²) >= 11 is 11.7. The molecule has 0 saturated heterocycles. The molecular weight excluding hydrogens is 365 g/mol. The van der Waals surface area contributed by atoms with Crippen molar-refractivity contribution in [2.24, 2.45) is 0 Å². The summed E-state index contributed by atoms with van der Waals surface area (Å²) in [4.78, 5) is 30.2. The molecule has 0 radical (unpaired) electrons. The molecule has 0 aliphatic heterocycles. The Kier molecular flexibility index (Phi) is 6.22. The Morgan fingerprint density at radius 1 is 1.24 bits per heavy atom. The number of nitrogens with one attached hydrogen (secondary N) is 1. The lowest BCUT2D eigenvalue weighted by molar-refractivity contribution is -0.123. The van der Waals surface area contributed by atoms with Gasteiger partial charge in [-0.05, 0) is 31.2 Å². The third-order valence-corrected chi connectivity index (χ3v) is 3.80. The van der Waals surface area contributed by atoms with E-state index in [4.69, 9.17) is 27.9 Å². The molecule has 0 fully saturated rings. The van der Waals surface area contributed by atoms with Crippen molar-refractivity contribution in [1.82, 2.24) is 4.98 Å². The topological polar surface area (TPSA) is 71.5 Å². The number of nitrogens with zero attached hydrogens (tertiary/aromatic N) is 2. The summed E-state index contributed by atoms with van der Waals surface area (Å²) in [6.45, 7) is 1.47. The maximum atomic E-state index is 12.2. The van der Waals surface area contributed by atoms with Crippen LogP contribution < -0.4 is 10.2 Å². The average molecular weight is 382 g/mol. The first kappa shape index (κ1) is 19.0. The van der Waals surface area contributed by atoms with Gasteiger partial charge in [0.1, 0.15) is 0 Å². The minimum absolute atomic E-state index is 0.147. The molecule has 2 aromatic rings. The van der Waals surface area contributed by atoms with Gasteiger partial charge in [0.05, 0.1) is 15.6 Å². The lowest BCUT2D eigenvalue weighted by Crippen LogP contribution is -2.30. The Labute approximate surface area is 155 Å². The molecule has 2 rings (SSSR count). The maximum Gasteiger partial charge on any atom is 0.338 e. The molecule has 0 unspecified atom stereocenters. The van der Waals surface area contributed by atoms with Crippen LogP contribution in [0, 0.1) is 0 Å². The van der Waals surface area contributed by atoms with Crippen LogP contribution in [0.25, 0.3) is 0 Å². The van der Waals surface area contributed by atoms with E-state index in [9.17, 15) is 9.59 Å². The third kappa shape index (κ3) is 5.08. The molecule has 1 N–H and O–H groups in total. The van der Waals surface area contributed by atoms with Crippen LogP contribution in [0.5, 0.6) is 0 Å². The van der Waals surface area contributed by atoms with E-state index in [1.165, 1.54) is 19.2 Å². The Hall–Kier alpha value is -2.31. The SMILES string of the molecule is C[C@@H](OC(=O)c1cccc(N(C)C)c1)C(=O)Nc1ncc(Cl)cc1Cl. The molecule has 25 heavy (non-hydrogen) atoms. The van der Waals surface area contributed by atoms with Gasteiger partial charge in [-0.3, -0.25) is 4.79 Å².